The number of methoxy groups -OCH3 is 1. The summed E-state index contributed by atoms with van der Waals surface area (Å²) in [6, 6.07) is 14.5. The Morgan fingerprint density at radius 2 is 1.93 bits per heavy atom. The first kappa shape index (κ1) is 20.9. The lowest BCUT2D eigenvalue weighted by Gasteiger charge is -2.03. The Morgan fingerprint density at radius 1 is 1.17 bits per heavy atom. The van der Waals surface area contributed by atoms with Crippen LogP contribution in [0.3, 0.4) is 0 Å². The average Bonchev–Trinajstić information content (AvgIpc) is 3.15. The summed E-state index contributed by atoms with van der Waals surface area (Å²) in [5.74, 6) is 0.0365. The van der Waals surface area contributed by atoms with Crippen LogP contribution in [0.1, 0.15) is 20.9 Å². The minimum atomic E-state index is -0.345. The number of benzene rings is 2. The van der Waals surface area contributed by atoms with Gasteiger partial charge >= 0.3 is 0 Å². The molecular formula is C19H16IN5O3S. The summed E-state index contributed by atoms with van der Waals surface area (Å²) in [6.07, 6.45) is 1.50. The van der Waals surface area contributed by atoms with E-state index in [2.05, 4.69) is 48.6 Å². The fourth-order valence-corrected chi connectivity index (χ4v) is 3.67. The summed E-state index contributed by atoms with van der Waals surface area (Å²) in [6.45, 7) is 0. The number of aromatic nitrogens is 2. The van der Waals surface area contributed by atoms with E-state index in [9.17, 15) is 9.59 Å². The third kappa shape index (κ3) is 5.81. The highest BCUT2D eigenvalue weighted by Gasteiger charge is 2.14. The van der Waals surface area contributed by atoms with E-state index in [0.29, 0.717) is 21.5 Å². The largest absolute Gasteiger partial charge is 0.496 e. The zero-order valence-electron chi connectivity index (χ0n) is 15.3. The average molecular weight is 521 g/mol. The smallest absolute Gasteiger partial charge is 0.258 e. The molecule has 0 saturated carbocycles. The summed E-state index contributed by atoms with van der Waals surface area (Å²) in [4.78, 5) is 24.4. The minimum Gasteiger partial charge on any atom is -0.496 e. The number of anilines is 1. The molecule has 3 aromatic rings. The number of hydrogen-bond acceptors (Lipinski definition) is 7. The van der Waals surface area contributed by atoms with Crippen molar-refractivity contribution in [3.63, 3.8) is 0 Å². The SMILES string of the molecule is COc1ccccc1/C=N\NC(=O)Cc1nnc(NC(=O)c2ccccc2I)s1. The van der Waals surface area contributed by atoms with Gasteiger partial charge < -0.3 is 4.74 Å². The molecule has 3 rings (SSSR count). The molecule has 8 nitrogen and oxygen atoms in total. The van der Waals surface area contributed by atoms with Crippen LogP contribution in [0.15, 0.2) is 53.6 Å². The van der Waals surface area contributed by atoms with E-state index in [1.807, 2.05) is 30.3 Å². The topological polar surface area (TPSA) is 106 Å². The van der Waals surface area contributed by atoms with Gasteiger partial charge in [0.05, 0.1) is 25.3 Å². The van der Waals surface area contributed by atoms with Gasteiger partial charge in [-0.2, -0.15) is 5.10 Å². The predicted octanol–water partition coefficient (Wildman–Crippen LogP) is 3.10. The van der Waals surface area contributed by atoms with Crippen LogP contribution in [-0.2, 0) is 11.2 Å². The van der Waals surface area contributed by atoms with Crippen LogP contribution >= 0.6 is 33.9 Å². The van der Waals surface area contributed by atoms with Crippen molar-refractivity contribution in [1.29, 1.82) is 0 Å². The number of para-hydroxylation sites is 1. The first-order chi connectivity index (χ1) is 14.1. The number of nitrogens with zero attached hydrogens (tertiary/aromatic N) is 3. The number of amides is 2. The number of ether oxygens (including phenoxy) is 1. The van der Waals surface area contributed by atoms with Gasteiger partial charge in [-0.1, -0.05) is 35.6 Å². The van der Waals surface area contributed by atoms with Crippen LogP contribution in [0.25, 0.3) is 0 Å². The van der Waals surface area contributed by atoms with Gasteiger partial charge in [0.25, 0.3) is 5.91 Å². The van der Waals surface area contributed by atoms with Gasteiger partial charge in [0.15, 0.2) is 0 Å². The molecular weight excluding hydrogens is 505 g/mol. The molecule has 2 N–H and O–H groups in total. The molecule has 29 heavy (non-hydrogen) atoms. The summed E-state index contributed by atoms with van der Waals surface area (Å²) in [7, 11) is 1.57. The van der Waals surface area contributed by atoms with E-state index < -0.39 is 0 Å². The Balaban J connectivity index is 1.54. The molecule has 2 amide bonds. The fourth-order valence-electron chi connectivity index (χ4n) is 2.31. The van der Waals surface area contributed by atoms with Crippen molar-refractivity contribution in [2.24, 2.45) is 5.10 Å². The van der Waals surface area contributed by atoms with Crippen molar-refractivity contribution in [3.8, 4) is 5.75 Å². The molecule has 0 radical (unpaired) electrons. The first-order valence-electron chi connectivity index (χ1n) is 8.40. The van der Waals surface area contributed by atoms with E-state index in [-0.39, 0.29) is 18.2 Å². The summed E-state index contributed by atoms with van der Waals surface area (Å²) >= 11 is 3.23. The van der Waals surface area contributed by atoms with E-state index in [0.717, 1.165) is 20.5 Å². The van der Waals surface area contributed by atoms with Crippen LogP contribution in [0.4, 0.5) is 5.13 Å². The Labute approximate surface area is 184 Å². The van der Waals surface area contributed by atoms with Gasteiger partial charge in [0, 0.05) is 9.13 Å². The molecule has 0 aliphatic heterocycles. The fraction of sp³-hybridized carbons (Fsp3) is 0.105. The van der Waals surface area contributed by atoms with Crippen molar-refractivity contribution >= 4 is 57.1 Å². The monoisotopic (exact) mass is 521 g/mol. The highest BCUT2D eigenvalue weighted by molar-refractivity contribution is 14.1. The molecule has 0 aliphatic rings. The van der Waals surface area contributed by atoms with Gasteiger partial charge in [0.2, 0.25) is 11.0 Å². The number of rotatable bonds is 7. The van der Waals surface area contributed by atoms with Crippen molar-refractivity contribution < 1.29 is 14.3 Å². The van der Waals surface area contributed by atoms with Crippen LogP contribution < -0.4 is 15.5 Å². The standard InChI is InChI=1S/C19H16IN5O3S/c1-28-15-9-5-2-6-12(15)11-21-23-16(26)10-17-24-25-19(29-17)22-18(27)13-7-3-4-8-14(13)20/h2-9,11H,10H2,1H3,(H,23,26)(H,22,25,27)/b21-11-. The van der Waals surface area contributed by atoms with Gasteiger partial charge in [-0.05, 0) is 46.9 Å². The molecule has 0 aliphatic carbocycles. The van der Waals surface area contributed by atoms with Crippen molar-refractivity contribution in [2.45, 2.75) is 6.42 Å². The number of nitrogens with one attached hydrogen (secondary N) is 2. The third-order valence-corrected chi connectivity index (χ3v) is 5.43. The predicted molar refractivity (Wildman–Crippen MR) is 119 cm³/mol. The molecule has 148 valence electrons. The quantitative estimate of drug-likeness (QED) is 0.283. The summed E-state index contributed by atoms with van der Waals surface area (Å²) in [5.41, 5.74) is 3.73. The highest BCUT2D eigenvalue weighted by atomic mass is 127. The van der Waals surface area contributed by atoms with Gasteiger partial charge in [-0.25, -0.2) is 5.43 Å². The number of hydrogen-bond donors (Lipinski definition) is 2. The second-order valence-electron chi connectivity index (χ2n) is 5.65. The van der Waals surface area contributed by atoms with Gasteiger partial charge in [-0.3, -0.25) is 14.9 Å². The number of halogens is 1. The lowest BCUT2D eigenvalue weighted by molar-refractivity contribution is -0.120. The normalized spacial score (nSPS) is 10.7. The van der Waals surface area contributed by atoms with Crippen molar-refractivity contribution in [3.05, 3.63) is 68.2 Å². The Bertz CT molecular complexity index is 1050. The molecule has 1 heterocycles. The maximum Gasteiger partial charge on any atom is 0.258 e. The number of carbonyl (C=O) groups is 2. The maximum absolute atomic E-state index is 12.3. The second kappa shape index (κ2) is 10.1. The Morgan fingerprint density at radius 3 is 2.72 bits per heavy atom. The molecule has 10 heteroatoms. The molecule has 0 spiro atoms. The molecule has 0 unspecified atom stereocenters. The summed E-state index contributed by atoms with van der Waals surface area (Å²) < 4.78 is 6.05. The molecule has 2 aromatic carbocycles. The van der Waals surface area contributed by atoms with E-state index in [1.54, 1.807) is 25.3 Å². The molecule has 0 saturated heterocycles. The molecule has 1 aromatic heterocycles. The van der Waals surface area contributed by atoms with Gasteiger partial charge in [0.1, 0.15) is 10.8 Å². The maximum atomic E-state index is 12.3. The van der Waals surface area contributed by atoms with E-state index in [4.69, 9.17) is 4.74 Å². The Kier molecular flexibility index (Phi) is 7.25. The first-order valence-corrected chi connectivity index (χ1v) is 10.3. The third-order valence-electron chi connectivity index (χ3n) is 3.65. The van der Waals surface area contributed by atoms with Gasteiger partial charge in [-0.15, -0.1) is 10.2 Å². The second-order valence-corrected chi connectivity index (χ2v) is 7.87. The van der Waals surface area contributed by atoms with Crippen molar-refractivity contribution in [1.82, 2.24) is 15.6 Å². The lowest BCUT2D eigenvalue weighted by atomic mass is 10.2. The molecule has 0 bridgehead atoms. The van der Waals surface area contributed by atoms with Crippen LogP contribution in [0.5, 0.6) is 5.75 Å². The number of hydrazone groups is 1. The van der Waals surface area contributed by atoms with Crippen LogP contribution in [0, 0.1) is 3.57 Å². The summed E-state index contributed by atoms with van der Waals surface area (Å²) in [5, 5.41) is 15.3. The minimum absolute atomic E-state index is 0.000324. The Hall–Kier alpha value is -2.86. The molecule has 0 fully saturated rings. The van der Waals surface area contributed by atoms with Crippen LogP contribution in [-0.4, -0.2) is 35.3 Å². The van der Waals surface area contributed by atoms with Crippen molar-refractivity contribution in [2.75, 3.05) is 12.4 Å². The van der Waals surface area contributed by atoms with E-state index in [1.165, 1.54) is 6.21 Å². The lowest BCUT2D eigenvalue weighted by Crippen LogP contribution is -2.19. The van der Waals surface area contributed by atoms with Crippen LogP contribution in [0.2, 0.25) is 0 Å². The zero-order valence-corrected chi connectivity index (χ0v) is 18.2. The zero-order chi connectivity index (χ0) is 20.6. The molecule has 0 atom stereocenters. The van der Waals surface area contributed by atoms with E-state index >= 15 is 0 Å². The highest BCUT2D eigenvalue weighted by Crippen LogP contribution is 2.19. The number of carbonyl (C=O) groups excluding carboxylic acids is 2.